The number of aliphatic hydroxyl groups excluding tert-OH is 1. The Labute approximate surface area is 128 Å². The molecule has 7 nitrogen and oxygen atoms in total. The fourth-order valence-electron chi connectivity index (χ4n) is 2.68. The summed E-state index contributed by atoms with van der Waals surface area (Å²) < 4.78 is 0. The van der Waals surface area contributed by atoms with Gasteiger partial charge in [0.1, 0.15) is 5.69 Å². The molecule has 0 radical (unpaired) electrons. The number of benzene rings is 1. The van der Waals surface area contributed by atoms with Crippen LogP contribution < -0.4 is 10.2 Å². The molecule has 118 valence electrons. The second-order valence-electron chi connectivity index (χ2n) is 5.93. The van der Waals surface area contributed by atoms with E-state index in [0.717, 1.165) is 12.8 Å². The summed E-state index contributed by atoms with van der Waals surface area (Å²) >= 11 is 0. The number of nitro groups is 1. The predicted octanol–water partition coefficient (Wildman–Crippen LogP) is 1.45. The molecule has 1 saturated heterocycles. The minimum absolute atomic E-state index is 0.0557. The maximum Gasteiger partial charge on any atom is 0.293 e. The minimum Gasteiger partial charge on any atom is -0.393 e. The number of carbonyl (C=O) groups excluding carboxylic acids is 1. The van der Waals surface area contributed by atoms with Gasteiger partial charge in [-0.1, -0.05) is 0 Å². The first-order chi connectivity index (χ1) is 10.5. The SMILES string of the molecule is O=C(NC1CC1)c1ccc(N2CCC(O)CC2)c([N+](=O)[O-])c1. The number of carbonyl (C=O) groups is 1. The molecule has 1 saturated carbocycles. The molecule has 2 fully saturated rings. The summed E-state index contributed by atoms with van der Waals surface area (Å²) in [7, 11) is 0. The van der Waals surface area contributed by atoms with Crippen LogP contribution in [0.3, 0.4) is 0 Å². The first-order valence-corrected chi connectivity index (χ1v) is 7.57. The van der Waals surface area contributed by atoms with Gasteiger partial charge < -0.3 is 15.3 Å². The molecule has 0 unspecified atom stereocenters. The lowest BCUT2D eigenvalue weighted by Gasteiger charge is -2.31. The number of rotatable bonds is 4. The van der Waals surface area contributed by atoms with Crippen LogP contribution >= 0.6 is 0 Å². The van der Waals surface area contributed by atoms with Crippen LogP contribution in [-0.2, 0) is 0 Å². The first kappa shape index (κ1) is 14.8. The van der Waals surface area contributed by atoms with Crippen molar-refractivity contribution in [2.24, 2.45) is 0 Å². The van der Waals surface area contributed by atoms with Gasteiger partial charge in [-0.05, 0) is 37.8 Å². The fraction of sp³-hybridized carbons (Fsp3) is 0.533. The van der Waals surface area contributed by atoms with Gasteiger partial charge in [-0.25, -0.2) is 0 Å². The zero-order valence-electron chi connectivity index (χ0n) is 12.2. The van der Waals surface area contributed by atoms with Crippen LogP contribution in [0.4, 0.5) is 11.4 Å². The van der Waals surface area contributed by atoms with Crippen LogP contribution in [0.1, 0.15) is 36.0 Å². The van der Waals surface area contributed by atoms with Gasteiger partial charge in [0.15, 0.2) is 0 Å². The number of amides is 1. The molecule has 0 spiro atoms. The van der Waals surface area contributed by atoms with Crippen molar-refractivity contribution in [2.75, 3.05) is 18.0 Å². The lowest BCUT2D eigenvalue weighted by atomic mass is 10.1. The van der Waals surface area contributed by atoms with Crippen molar-refractivity contribution in [1.82, 2.24) is 5.32 Å². The summed E-state index contributed by atoms with van der Waals surface area (Å²) in [4.78, 5) is 24.8. The van der Waals surface area contributed by atoms with Crippen LogP contribution in [0.2, 0.25) is 0 Å². The van der Waals surface area contributed by atoms with E-state index in [9.17, 15) is 20.0 Å². The number of hydrogen-bond donors (Lipinski definition) is 2. The topological polar surface area (TPSA) is 95.7 Å². The highest BCUT2D eigenvalue weighted by atomic mass is 16.6. The summed E-state index contributed by atoms with van der Waals surface area (Å²) in [6.07, 6.45) is 2.81. The molecule has 2 N–H and O–H groups in total. The van der Waals surface area contributed by atoms with E-state index in [4.69, 9.17) is 0 Å². The maximum absolute atomic E-state index is 12.0. The highest BCUT2D eigenvalue weighted by Crippen LogP contribution is 2.31. The van der Waals surface area contributed by atoms with Crippen LogP contribution in [0.25, 0.3) is 0 Å². The number of nitrogens with one attached hydrogen (secondary N) is 1. The summed E-state index contributed by atoms with van der Waals surface area (Å²) in [5, 5.41) is 23.7. The average molecular weight is 305 g/mol. The van der Waals surface area contributed by atoms with Crippen molar-refractivity contribution in [3.8, 4) is 0 Å². The van der Waals surface area contributed by atoms with E-state index in [1.165, 1.54) is 6.07 Å². The van der Waals surface area contributed by atoms with Gasteiger partial charge >= 0.3 is 0 Å². The van der Waals surface area contributed by atoms with E-state index in [0.29, 0.717) is 37.2 Å². The van der Waals surface area contributed by atoms with E-state index in [1.54, 1.807) is 12.1 Å². The van der Waals surface area contributed by atoms with Crippen molar-refractivity contribution in [1.29, 1.82) is 0 Å². The quantitative estimate of drug-likeness (QED) is 0.648. The number of aliphatic hydroxyl groups is 1. The third-order valence-electron chi connectivity index (χ3n) is 4.15. The molecular formula is C15H19N3O4. The van der Waals surface area contributed by atoms with Gasteiger partial charge in [0.05, 0.1) is 11.0 Å². The monoisotopic (exact) mass is 305 g/mol. The Kier molecular flexibility index (Phi) is 3.98. The van der Waals surface area contributed by atoms with E-state index in [2.05, 4.69) is 5.32 Å². The summed E-state index contributed by atoms with van der Waals surface area (Å²) in [5.74, 6) is -0.258. The lowest BCUT2D eigenvalue weighted by molar-refractivity contribution is -0.384. The smallest absolute Gasteiger partial charge is 0.293 e. The number of nitrogens with zero attached hydrogens (tertiary/aromatic N) is 2. The van der Waals surface area contributed by atoms with Gasteiger partial charge in [-0.15, -0.1) is 0 Å². The van der Waals surface area contributed by atoms with Crippen molar-refractivity contribution < 1.29 is 14.8 Å². The van der Waals surface area contributed by atoms with Crippen molar-refractivity contribution in [3.63, 3.8) is 0 Å². The van der Waals surface area contributed by atoms with Crippen molar-refractivity contribution in [3.05, 3.63) is 33.9 Å². The number of hydrogen-bond acceptors (Lipinski definition) is 5. The second-order valence-corrected chi connectivity index (χ2v) is 5.93. The van der Waals surface area contributed by atoms with E-state index in [-0.39, 0.29) is 23.7 Å². The van der Waals surface area contributed by atoms with Gasteiger partial charge in [0.2, 0.25) is 0 Å². The Morgan fingerprint density at radius 3 is 2.55 bits per heavy atom. The van der Waals surface area contributed by atoms with E-state index in [1.807, 2.05) is 4.90 Å². The Bertz CT molecular complexity index is 592. The molecule has 2 aliphatic rings. The average Bonchev–Trinajstić information content (AvgIpc) is 3.31. The molecule has 0 atom stereocenters. The molecule has 22 heavy (non-hydrogen) atoms. The van der Waals surface area contributed by atoms with Crippen molar-refractivity contribution >= 4 is 17.3 Å². The highest BCUT2D eigenvalue weighted by Gasteiger charge is 2.27. The van der Waals surface area contributed by atoms with E-state index < -0.39 is 4.92 Å². The van der Waals surface area contributed by atoms with Gasteiger partial charge in [0, 0.05) is 30.8 Å². The Morgan fingerprint density at radius 2 is 1.95 bits per heavy atom. The van der Waals surface area contributed by atoms with Crippen LogP contribution in [-0.4, -0.2) is 41.2 Å². The number of anilines is 1. The first-order valence-electron chi connectivity index (χ1n) is 7.57. The molecule has 1 aliphatic carbocycles. The summed E-state index contributed by atoms with van der Waals surface area (Å²) in [5.41, 5.74) is 0.777. The summed E-state index contributed by atoms with van der Waals surface area (Å²) in [6.45, 7) is 1.16. The largest absolute Gasteiger partial charge is 0.393 e. The molecule has 1 amide bonds. The second kappa shape index (κ2) is 5.92. The molecule has 3 rings (SSSR count). The predicted molar refractivity (Wildman–Crippen MR) is 81.0 cm³/mol. The van der Waals surface area contributed by atoms with Crippen LogP contribution in [0.5, 0.6) is 0 Å². The summed E-state index contributed by atoms with van der Waals surface area (Å²) in [6, 6.07) is 4.83. The molecule has 1 heterocycles. The molecule has 1 aromatic rings. The molecule has 1 aromatic carbocycles. The molecular weight excluding hydrogens is 286 g/mol. The minimum atomic E-state index is -0.450. The number of piperidine rings is 1. The number of nitro benzene ring substituents is 1. The third-order valence-corrected chi connectivity index (χ3v) is 4.15. The molecule has 1 aliphatic heterocycles. The zero-order chi connectivity index (χ0) is 15.7. The molecule has 0 bridgehead atoms. The van der Waals surface area contributed by atoms with E-state index >= 15 is 0 Å². The lowest BCUT2D eigenvalue weighted by Crippen LogP contribution is -2.36. The zero-order valence-corrected chi connectivity index (χ0v) is 12.2. The normalized spacial score (nSPS) is 19.0. The highest BCUT2D eigenvalue weighted by molar-refractivity contribution is 5.96. The van der Waals surface area contributed by atoms with Gasteiger partial charge in [-0.3, -0.25) is 14.9 Å². The van der Waals surface area contributed by atoms with Crippen LogP contribution in [0, 0.1) is 10.1 Å². The third kappa shape index (κ3) is 3.19. The standard InChI is InChI=1S/C15H19N3O4/c19-12-5-7-17(8-6-12)13-4-1-10(9-14(13)18(21)22)15(20)16-11-2-3-11/h1,4,9,11-12,19H,2-3,5-8H2,(H,16,20). The van der Waals surface area contributed by atoms with Gasteiger partial charge in [0.25, 0.3) is 11.6 Å². The fourth-order valence-corrected chi connectivity index (χ4v) is 2.68. The Hall–Kier alpha value is -2.15. The Morgan fingerprint density at radius 1 is 1.27 bits per heavy atom. The van der Waals surface area contributed by atoms with Crippen LogP contribution in [0.15, 0.2) is 18.2 Å². The molecule has 0 aromatic heterocycles. The van der Waals surface area contributed by atoms with Gasteiger partial charge in [-0.2, -0.15) is 0 Å². The maximum atomic E-state index is 12.0. The Balaban J connectivity index is 1.83. The molecule has 7 heteroatoms. The van der Waals surface area contributed by atoms with Crippen molar-refractivity contribution in [2.45, 2.75) is 37.8 Å².